The Hall–Kier alpha value is -1.35. The molecule has 1 aliphatic heterocycles. The summed E-state index contributed by atoms with van der Waals surface area (Å²) < 4.78 is 0. The predicted octanol–water partition coefficient (Wildman–Crippen LogP) is 2.90. The van der Waals surface area contributed by atoms with E-state index in [0.29, 0.717) is 5.92 Å². The first kappa shape index (κ1) is 16.0. The number of hydrogen-bond acceptors (Lipinski definition) is 2. The highest BCUT2D eigenvalue weighted by Crippen LogP contribution is 2.18. The monoisotopic (exact) mass is 288 g/mol. The van der Waals surface area contributed by atoms with Gasteiger partial charge in [-0.15, -0.1) is 0 Å². The van der Waals surface area contributed by atoms with Crippen LogP contribution < -0.4 is 10.6 Å². The Morgan fingerprint density at radius 1 is 1.33 bits per heavy atom. The van der Waals surface area contributed by atoms with Gasteiger partial charge in [0.05, 0.1) is 6.04 Å². The van der Waals surface area contributed by atoms with Gasteiger partial charge in [0.1, 0.15) is 0 Å². The molecular formula is C18H28N2O. The first-order valence-electron chi connectivity index (χ1n) is 8.07. The molecule has 2 N–H and O–H groups in total. The molecule has 116 valence electrons. The summed E-state index contributed by atoms with van der Waals surface area (Å²) in [6.45, 7) is 7.34. The molecule has 1 aromatic rings. The molecule has 0 radical (unpaired) electrons. The molecular weight excluding hydrogens is 260 g/mol. The van der Waals surface area contributed by atoms with Crippen LogP contribution in [-0.4, -0.2) is 24.0 Å². The van der Waals surface area contributed by atoms with Gasteiger partial charge < -0.3 is 10.6 Å². The van der Waals surface area contributed by atoms with Crippen LogP contribution in [0.15, 0.2) is 30.3 Å². The number of benzene rings is 1. The zero-order valence-electron chi connectivity index (χ0n) is 13.5. The van der Waals surface area contributed by atoms with Gasteiger partial charge >= 0.3 is 0 Å². The average Bonchev–Trinajstić information content (AvgIpc) is 2.46. The van der Waals surface area contributed by atoms with Crippen molar-refractivity contribution in [3.05, 3.63) is 35.9 Å². The van der Waals surface area contributed by atoms with E-state index in [-0.39, 0.29) is 17.5 Å². The minimum atomic E-state index is -0.175. The molecule has 0 spiro atoms. The average molecular weight is 288 g/mol. The highest BCUT2D eigenvalue weighted by Gasteiger charge is 2.30. The lowest BCUT2D eigenvalue weighted by Crippen LogP contribution is -2.56. The summed E-state index contributed by atoms with van der Waals surface area (Å²) in [6.07, 6.45) is 4.24. The maximum absolute atomic E-state index is 12.5. The van der Waals surface area contributed by atoms with Crippen LogP contribution in [0.1, 0.15) is 45.6 Å². The van der Waals surface area contributed by atoms with Gasteiger partial charge in [-0.2, -0.15) is 0 Å². The quantitative estimate of drug-likeness (QED) is 0.874. The van der Waals surface area contributed by atoms with Crippen molar-refractivity contribution >= 4 is 5.91 Å². The van der Waals surface area contributed by atoms with Crippen molar-refractivity contribution in [1.82, 2.24) is 10.6 Å². The second-order valence-electron chi connectivity index (χ2n) is 6.91. The standard InChI is InChI=1S/C18H28N2O/c1-14-8-7-13-19-16(14)17(21)20-18(2,3)12-11-15-9-5-4-6-10-15/h4-6,9-10,14,16,19H,7-8,11-13H2,1-3H3,(H,20,21). The van der Waals surface area contributed by atoms with Gasteiger partial charge in [-0.25, -0.2) is 0 Å². The van der Waals surface area contributed by atoms with Crippen LogP contribution in [0.25, 0.3) is 0 Å². The molecule has 1 heterocycles. The van der Waals surface area contributed by atoms with Crippen LogP contribution >= 0.6 is 0 Å². The van der Waals surface area contributed by atoms with Gasteiger partial charge in [-0.3, -0.25) is 4.79 Å². The summed E-state index contributed by atoms with van der Waals surface area (Å²) in [7, 11) is 0. The fourth-order valence-corrected chi connectivity index (χ4v) is 2.98. The van der Waals surface area contributed by atoms with Crippen LogP contribution in [0.5, 0.6) is 0 Å². The SMILES string of the molecule is CC1CCCNC1C(=O)NC(C)(C)CCc1ccccc1. The van der Waals surface area contributed by atoms with Crippen molar-refractivity contribution in [3.8, 4) is 0 Å². The smallest absolute Gasteiger partial charge is 0.237 e. The number of rotatable bonds is 5. The molecule has 0 bridgehead atoms. The molecule has 3 nitrogen and oxygen atoms in total. The van der Waals surface area contributed by atoms with Crippen molar-refractivity contribution in [2.45, 2.75) is 58.0 Å². The molecule has 1 aliphatic rings. The largest absolute Gasteiger partial charge is 0.350 e. The van der Waals surface area contributed by atoms with Crippen molar-refractivity contribution in [2.75, 3.05) is 6.54 Å². The second-order valence-corrected chi connectivity index (χ2v) is 6.91. The molecule has 2 rings (SSSR count). The van der Waals surface area contributed by atoms with Gasteiger partial charge in [0, 0.05) is 5.54 Å². The Balaban J connectivity index is 1.86. The van der Waals surface area contributed by atoms with Gasteiger partial charge in [0.15, 0.2) is 0 Å². The zero-order valence-corrected chi connectivity index (χ0v) is 13.5. The maximum atomic E-state index is 12.5. The molecule has 1 amide bonds. The second kappa shape index (κ2) is 7.08. The van der Waals surface area contributed by atoms with Gasteiger partial charge in [-0.05, 0) is 57.6 Å². The number of hydrogen-bond donors (Lipinski definition) is 2. The van der Waals surface area contributed by atoms with E-state index in [0.717, 1.165) is 25.8 Å². The molecule has 1 saturated heterocycles. The summed E-state index contributed by atoms with van der Waals surface area (Å²) >= 11 is 0. The summed E-state index contributed by atoms with van der Waals surface area (Å²) in [5.74, 6) is 0.573. The van der Waals surface area contributed by atoms with E-state index in [1.165, 1.54) is 12.0 Å². The number of amides is 1. The molecule has 2 unspecified atom stereocenters. The van der Waals surface area contributed by atoms with Gasteiger partial charge in [-0.1, -0.05) is 37.3 Å². The fourth-order valence-electron chi connectivity index (χ4n) is 2.98. The highest BCUT2D eigenvalue weighted by atomic mass is 16.2. The molecule has 0 aliphatic carbocycles. The summed E-state index contributed by atoms with van der Waals surface area (Å²) in [6, 6.07) is 10.4. The molecule has 21 heavy (non-hydrogen) atoms. The summed E-state index contributed by atoms with van der Waals surface area (Å²) in [5.41, 5.74) is 1.15. The maximum Gasteiger partial charge on any atom is 0.237 e. The number of carbonyl (C=O) groups excluding carboxylic acids is 1. The van der Waals surface area contributed by atoms with E-state index in [1.807, 2.05) is 6.07 Å². The first-order chi connectivity index (χ1) is 9.98. The number of piperidine rings is 1. The topological polar surface area (TPSA) is 41.1 Å². The lowest BCUT2D eigenvalue weighted by atomic mass is 9.90. The predicted molar refractivity (Wildman–Crippen MR) is 87.2 cm³/mol. The van der Waals surface area contributed by atoms with Gasteiger partial charge in [0.25, 0.3) is 0 Å². The van der Waals surface area contributed by atoms with E-state index >= 15 is 0 Å². The molecule has 3 heteroatoms. The van der Waals surface area contributed by atoms with Crippen LogP contribution in [-0.2, 0) is 11.2 Å². The van der Waals surface area contributed by atoms with Gasteiger partial charge in [0.2, 0.25) is 5.91 Å². The van der Waals surface area contributed by atoms with E-state index in [1.54, 1.807) is 0 Å². The van der Waals surface area contributed by atoms with Crippen molar-refractivity contribution in [3.63, 3.8) is 0 Å². The third kappa shape index (κ3) is 4.85. The lowest BCUT2D eigenvalue weighted by molar-refractivity contribution is -0.126. The molecule has 1 fully saturated rings. The lowest BCUT2D eigenvalue weighted by Gasteiger charge is -2.33. The molecule has 0 saturated carbocycles. The van der Waals surface area contributed by atoms with E-state index < -0.39 is 0 Å². The zero-order chi connectivity index (χ0) is 15.3. The van der Waals surface area contributed by atoms with E-state index in [4.69, 9.17) is 0 Å². The normalized spacial score (nSPS) is 22.8. The number of nitrogens with one attached hydrogen (secondary N) is 2. The number of aryl methyl sites for hydroxylation is 1. The van der Waals surface area contributed by atoms with E-state index in [9.17, 15) is 4.79 Å². The van der Waals surface area contributed by atoms with Crippen molar-refractivity contribution in [2.24, 2.45) is 5.92 Å². The van der Waals surface area contributed by atoms with Crippen LogP contribution in [0.4, 0.5) is 0 Å². The van der Waals surface area contributed by atoms with Crippen LogP contribution in [0, 0.1) is 5.92 Å². The third-order valence-corrected chi connectivity index (χ3v) is 4.40. The summed E-state index contributed by atoms with van der Waals surface area (Å²) in [4.78, 5) is 12.5. The highest BCUT2D eigenvalue weighted by molar-refractivity contribution is 5.82. The van der Waals surface area contributed by atoms with Crippen molar-refractivity contribution in [1.29, 1.82) is 0 Å². The molecule has 1 aromatic carbocycles. The Bertz CT molecular complexity index is 456. The molecule has 0 aromatic heterocycles. The molecule has 2 atom stereocenters. The Morgan fingerprint density at radius 3 is 2.71 bits per heavy atom. The van der Waals surface area contributed by atoms with Crippen molar-refractivity contribution < 1.29 is 4.79 Å². The fraction of sp³-hybridized carbons (Fsp3) is 0.611. The number of carbonyl (C=O) groups is 1. The first-order valence-corrected chi connectivity index (χ1v) is 8.07. The minimum absolute atomic E-state index is 0.0326. The van der Waals surface area contributed by atoms with Crippen LogP contribution in [0.3, 0.4) is 0 Å². The summed E-state index contributed by atoms with van der Waals surface area (Å²) in [5, 5.41) is 6.58. The minimum Gasteiger partial charge on any atom is -0.350 e. The van der Waals surface area contributed by atoms with Crippen LogP contribution in [0.2, 0.25) is 0 Å². The third-order valence-electron chi connectivity index (χ3n) is 4.40. The Labute approximate surface area is 128 Å². The Morgan fingerprint density at radius 2 is 2.05 bits per heavy atom. The van der Waals surface area contributed by atoms with E-state index in [2.05, 4.69) is 55.7 Å². The Kier molecular flexibility index (Phi) is 5.40.